The van der Waals surface area contributed by atoms with E-state index in [1.54, 1.807) is 30.3 Å². The summed E-state index contributed by atoms with van der Waals surface area (Å²) in [5.41, 5.74) is 0.697. The average Bonchev–Trinajstić information content (AvgIpc) is 2.85. The van der Waals surface area contributed by atoms with Gasteiger partial charge in [-0.1, -0.05) is 18.2 Å². The minimum absolute atomic E-state index is 0.220. The number of nitrogens with zero attached hydrogens (tertiary/aromatic N) is 3. The number of hydrogen-bond acceptors (Lipinski definition) is 7. The monoisotopic (exact) mass is 556 g/mol. The molecule has 0 aliphatic carbocycles. The van der Waals surface area contributed by atoms with Crippen LogP contribution in [0.3, 0.4) is 0 Å². The van der Waals surface area contributed by atoms with Gasteiger partial charge in [0.2, 0.25) is 15.9 Å². The zero-order valence-corrected chi connectivity index (χ0v) is 20.7. The Bertz CT molecular complexity index is 1320. The summed E-state index contributed by atoms with van der Waals surface area (Å²) in [6.07, 6.45) is -7.41. The van der Waals surface area contributed by atoms with Crippen molar-refractivity contribution >= 4 is 33.6 Å². The molecule has 11 nitrogen and oxygen atoms in total. The Kier molecular flexibility index (Phi) is 8.85. The van der Waals surface area contributed by atoms with Gasteiger partial charge < -0.3 is 4.74 Å². The summed E-state index contributed by atoms with van der Waals surface area (Å²) < 4.78 is 70.3. The second kappa shape index (κ2) is 11.7. The van der Waals surface area contributed by atoms with Crippen LogP contribution in [0.4, 0.5) is 18.0 Å². The van der Waals surface area contributed by atoms with Crippen molar-refractivity contribution in [1.82, 2.24) is 14.7 Å². The third-order valence-corrected chi connectivity index (χ3v) is 7.38. The van der Waals surface area contributed by atoms with Gasteiger partial charge in [-0.3, -0.25) is 19.7 Å². The smallest absolute Gasteiger partial charge is 0.394 e. The van der Waals surface area contributed by atoms with Crippen LogP contribution in [0.25, 0.3) is 0 Å². The normalized spacial score (nSPS) is 15.3. The van der Waals surface area contributed by atoms with Gasteiger partial charge >= 0.3 is 12.2 Å². The Hall–Kier alpha value is -3.82. The lowest BCUT2D eigenvalue weighted by molar-refractivity contribution is -0.134. The van der Waals surface area contributed by atoms with E-state index in [0.29, 0.717) is 20.7 Å². The van der Waals surface area contributed by atoms with Gasteiger partial charge in [0.1, 0.15) is 17.5 Å². The van der Waals surface area contributed by atoms with E-state index >= 15 is 0 Å². The highest BCUT2D eigenvalue weighted by atomic mass is 32.2. The quantitative estimate of drug-likeness (QED) is 0.338. The Labute approximate surface area is 215 Å². The van der Waals surface area contributed by atoms with E-state index in [-0.39, 0.29) is 4.90 Å². The van der Waals surface area contributed by atoms with Crippen LogP contribution in [0, 0.1) is 0 Å². The number of hydroxylamine groups is 1. The first-order valence-corrected chi connectivity index (χ1v) is 12.5. The highest BCUT2D eigenvalue weighted by molar-refractivity contribution is 7.89. The van der Waals surface area contributed by atoms with Crippen LogP contribution >= 0.6 is 0 Å². The SMILES string of the molecule is CN(C(CCN1C(=O)CC(CC(F)(F)F)=NC1=O)C(=O)NO)S(=O)(=O)c1ccc(Oc2ccccc2)cc1. The van der Waals surface area contributed by atoms with Crippen LogP contribution in [-0.4, -0.2) is 72.2 Å². The summed E-state index contributed by atoms with van der Waals surface area (Å²) in [5.74, 6) is -1.27. The number of likely N-dealkylation sites (N-methyl/N-ethyl adjacent to an activating group) is 1. The molecule has 2 aromatic rings. The highest BCUT2D eigenvalue weighted by Gasteiger charge is 2.38. The first kappa shape index (κ1) is 28.7. The van der Waals surface area contributed by atoms with Crippen LogP contribution in [-0.2, 0) is 19.6 Å². The number of para-hydroxylation sites is 1. The van der Waals surface area contributed by atoms with Gasteiger partial charge in [0.25, 0.3) is 5.91 Å². The zero-order valence-electron chi connectivity index (χ0n) is 19.9. The van der Waals surface area contributed by atoms with Gasteiger partial charge in [0.05, 0.1) is 17.7 Å². The summed E-state index contributed by atoms with van der Waals surface area (Å²) in [4.78, 5) is 40.3. The molecule has 15 heteroatoms. The highest BCUT2D eigenvalue weighted by Crippen LogP contribution is 2.26. The fourth-order valence-electron chi connectivity index (χ4n) is 3.61. The van der Waals surface area contributed by atoms with E-state index in [2.05, 4.69) is 4.99 Å². The number of nitrogens with one attached hydrogen (secondary N) is 1. The van der Waals surface area contributed by atoms with Gasteiger partial charge in [-0.2, -0.15) is 17.5 Å². The predicted octanol–water partition coefficient (Wildman–Crippen LogP) is 3.11. The van der Waals surface area contributed by atoms with Crippen molar-refractivity contribution in [3.05, 3.63) is 54.6 Å². The number of sulfonamides is 1. The summed E-state index contributed by atoms with van der Waals surface area (Å²) in [6.45, 7) is -0.539. The van der Waals surface area contributed by atoms with E-state index in [1.807, 2.05) is 0 Å². The van der Waals surface area contributed by atoms with Gasteiger partial charge in [0, 0.05) is 19.3 Å². The number of carbonyl (C=O) groups is 3. The number of imide groups is 1. The number of carbonyl (C=O) groups excluding carboxylic acids is 3. The summed E-state index contributed by atoms with van der Waals surface area (Å²) in [6, 6.07) is 11.2. The van der Waals surface area contributed by atoms with Crippen molar-refractivity contribution in [1.29, 1.82) is 0 Å². The number of rotatable bonds is 10. The third-order valence-electron chi connectivity index (χ3n) is 5.50. The van der Waals surface area contributed by atoms with E-state index < -0.39 is 71.6 Å². The topological polar surface area (TPSA) is 146 Å². The second-order valence-electron chi connectivity index (χ2n) is 8.16. The van der Waals surface area contributed by atoms with E-state index in [1.165, 1.54) is 29.7 Å². The molecule has 1 aliphatic rings. The molecule has 3 rings (SSSR count). The molecule has 0 aromatic heterocycles. The lowest BCUT2D eigenvalue weighted by Crippen LogP contribution is -2.50. The third kappa shape index (κ3) is 7.14. The average molecular weight is 557 g/mol. The summed E-state index contributed by atoms with van der Waals surface area (Å²) in [5, 5.41) is 9.14. The Balaban J connectivity index is 1.73. The van der Waals surface area contributed by atoms with Crippen molar-refractivity contribution in [3.8, 4) is 11.5 Å². The first-order valence-electron chi connectivity index (χ1n) is 11.0. The lowest BCUT2D eigenvalue weighted by Gasteiger charge is -2.29. The largest absolute Gasteiger partial charge is 0.457 e. The van der Waals surface area contributed by atoms with Crippen LogP contribution in [0.1, 0.15) is 19.3 Å². The van der Waals surface area contributed by atoms with Crippen LogP contribution in [0.5, 0.6) is 11.5 Å². The number of halogens is 3. The number of urea groups is 1. The lowest BCUT2D eigenvalue weighted by atomic mass is 10.1. The van der Waals surface area contributed by atoms with Gasteiger partial charge in [-0.15, -0.1) is 0 Å². The number of alkyl halides is 3. The molecule has 1 atom stereocenters. The number of hydrogen-bond donors (Lipinski definition) is 2. The molecule has 1 aliphatic heterocycles. The van der Waals surface area contributed by atoms with Crippen molar-refractivity contribution in [2.45, 2.75) is 36.4 Å². The van der Waals surface area contributed by atoms with E-state index in [9.17, 15) is 36.0 Å². The molecule has 2 aromatic carbocycles. The molecule has 204 valence electrons. The van der Waals surface area contributed by atoms with Crippen molar-refractivity contribution in [2.75, 3.05) is 13.6 Å². The Morgan fingerprint density at radius 2 is 1.74 bits per heavy atom. The number of benzene rings is 2. The predicted molar refractivity (Wildman–Crippen MR) is 126 cm³/mol. The van der Waals surface area contributed by atoms with E-state index in [0.717, 1.165) is 7.05 Å². The molecule has 0 saturated heterocycles. The standard InChI is InChI=1S/C23H23F3N4O7S/c1-29(38(35,36)18-9-7-17(8-10-18)37-16-5-3-2-4-6-16)19(21(32)28-34)11-12-30-20(31)13-15(27-22(30)33)14-23(24,25)26/h2-10,19,34H,11-14H2,1H3,(H,28,32). The van der Waals surface area contributed by atoms with E-state index in [4.69, 9.17) is 9.94 Å². The van der Waals surface area contributed by atoms with Crippen molar-refractivity contribution in [3.63, 3.8) is 0 Å². The number of aliphatic imine (C=N–C) groups is 1. The summed E-state index contributed by atoms with van der Waals surface area (Å²) >= 11 is 0. The van der Waals surface area contributed by atoms with Gasteiger partial charge in [0.15, 0.2) is 0 Å². The van der Waals surface area contributed by atoms with Crippen LogP contribution in [0.2, 0.25) is 0 Å². The molecule has 38 heavy (non-hydrogen) atoms. The fraction of sp³-hybridized carbons (Fsp3) is 0.304. The Morgan fingerprint density at radius 3 is 2.29 bits per heavy atom. The van der Waals surface area contributed by atoms with Crippen molar-refractivity contribution in [2.24, 2.45) is 4.99 Å². The molecule has 0 fully saturated rings. The zero-order chi connectivity index (χ0) is 28.1. The molecular weight excluding hydrogens is 533 g/mol. The van der Waals surface area contributed by atoms with Crippen LogP contribution in [0.15, 0.2) is 64.5 Å². The minimum atomic E-state index is -4.66. The van der Waals surface area contributed by atoms with Crippen molar-refractivity contribution < 1.29 is 45.9 Å². The maximum atomic E-state index is 13.2. The number of ether oxygens (including phenoxy) is 1. The van der Waals surface area contributed by atoms with Gasteiger partial charge in [-0.05, 0) is 42.8 Å². The number of amides is 4. The minimum Gasteiger partial charge on any atom is -0.457 e. The molecule has 4 amide bonds. The molecular formula is C23H23F3N4O7S. The Morgan fingerprint density at radius 1 is 1.13 bits per heavy atom. The summed E-state index contributed by atoms with van der Waals surface area (Å²) in [7, 11) is -3.27. The molecule has 0 spiro atoms. The fourth-order valence-corrected chi connectivity index (χ4v) is 4.96. The molecule has 0 bridgehead atoms. The molecule has 0 saturated carbocycles. The molecule has 1 heterocycles. The van der Waals surface area contributed by atoms with Gasteiger partial charge in [-0.25, -0.2) is 23.7 Å². The second-order valence-corrected chi connectivity index (χ2v) is 10.2. The maximum absolute atomic E-state index is 13.2. The first-order chi connectivity index (χ1) is 17.8. The molecule has 0 radical (unpaired) electrons. The van der Waals surface area contributed by atoms with Crippen LogP contribution < -0.4 is 10.2 Å². The molecule has 1 unspecified atom stereocenters. The maximum Gasteiger partial charge on any atom is 0.394 e. The molecule has 2 N–H and O–H groups in total.